The summed E-state index contributed by atoms with van der Waals surface area (Å²) in [7, 11) is 3.93. The van der Waals surface area contributed by atoms with E-state index in [-0.39, 0.29) is 12.5 Å². The Morgan fingerprint density at radius 3 is 2.53 bits per heavy atom. The van der Waals surface area contributed by atoms with Crippen LogP contribution in [0.4, 0.5) is 0 Å². The molecule has 4 atom stereocenters. The maximum Gasteiger partial charge on any atom is 0.253 e. The Hall–Kier alpha value is -1.75. The molecule has 1 aliphatic heterocycles. The third-order valence-corrected chi connectivity index (χ3v) is 5.53. The first-order chi connectivity index (χ1) is 15.3. The zero-order chi connectivity index (χ0) is 23.5. The number of benzene rings is 1. The normalized spacial score (nSPS) is 24.5. The highest BCUT2D eigenvalue weighted by atomic mass is 16.5. The molecule has 1 aromatic carbocycles. The molecule has 2 rings (SSSR count). The highest BCUT2D eigenvalue weighted by molar-refractivity contribution is 5.94. The van der Waals surface area contributed by atoms with Crippen LogP contribution in [0.5, 0.6) is 5.75 Å². The third kappa shape index (κ3) is 8.31. The molecule has 9 nitrogen and oxygen atoms in total. The number of ether oxygens (including phenoxy) is 2. The van der Waals surface area contributed by atoms with Crippen LogP contribution in [0.15, 0.2) is 24.3 Å². The number of aliphatic hydroxyl groups excluding tert-OH is 4. The van der Waals surface area contributed by atoms with Crippen LogP contribution in [0.1, 0.15) is 36.0 Å². The standard InChI is InChI=1S/C23H38N2O7/c1-24(2)12-14-31-18-9-7-17(8-10-18)23(30)25-11-5-3-4-6-13-32-22(20(28)16-26)21(29)19(27)15-25/h7-10,19-22,26-29H,3-6,11-16H2,1-2H3/t19-,20-,21-,22-/m1/s1. The molecule has 1 saturated heterocycles. The van der Waals surface area contributed by atoms with Crippen molar-refractivity contribution in [2.75, 3.05) is 53.6 Å². The highest BCUT2D eigenvalue weighted by Crippen LogP contribution is 2.18. The van der Waals surface area contributed by atoms with Crippen LogP contribution in [0, 0.1) is 0 Å². The average molecular weight is 455 g/mol. The van der Waals surface area contributed by atoms with Gasteiger partial charge in [-0.25, -0.2) is 0 Å². The lowest BCUT2D eigenvalue weighted by molar-refractivity contribution is -0.145. The average Bonchev–Trinajstić information content (AvgIpc) is 2.78. The second-order valence-corrected chi connectivity index (χ2v) is 8.48. The van der Waals surface area contributed by atoms with Gasteiger partial charge in [-0.2, -0.15) is 0 Å². The molecule has 0 bridgehead atoms. The molecule has 4 N–H and O–H groups in total. The molecule has 32 heavy (non-hydrogen) atoms. The van der Waals surface area contributed by atoms with Crippen molar-refractivity contribution in [1.82, 2.24) is 9.80 Å². The second-order valence-electron chi connectivity index (χ2n) is 8.48. The van der Waals surface area contributed by atoms with E-state index in [1.54, 1.807) is 24.3 Å². The number of likely N-dealkylation sites (N-methyl/N-ethyl adjacent to an activating group) is 1. The molecule has 9 heteroatoms. The van der Waals surface area contributed by atoms with Gasteiger partial charge < -0.3 is 39.7 Å². The van der Waals surface area contributed by atoms with Crippen molar-refractivity contribution in [3.05, 3.63) is 29.8 Å². The lowest BCUT2D eigenvalue weighted by Gasteiger charge is -2.33. The van der Waals surface area contributed by atoms with E-state index in [0.29, 0.717) is 31.1 Å². The Bertz CT molecular complexity index is 671. The van der Waals surface area contributed by atoms with Crippen LogP contribution < -0.4 is 4.74 Å². The Morgan fingerprint density at radius 1 is 1.19 bits per heavy atom. The van der Waals surface area contributed by atoms with Gasteiger partial charge in [0.05, 0.1) is 6.61 Å². The van der Waals surface area contributed by atoms with Crippen molar-refractivity contribution < 1.29 is 34.7 Å². The summed E-state index contributed by atoms with van der Waals surface area (Å²) in [4.78, 5) is 16.7. The summed E-state index contributed by atoms with van der Waals surface area (Å²) < 4.78 is 11.2. The van der Waals surface area contributed by atoms with E-state index >= 15 is 0 Å². The maximum absolute atomic E-state index is 13.1. The van der Waals surface area contributed by atoms with Gasteiger partial charge in [0.15, 0.2) is 0 Å². The maximum atomic E-state index is 13.1. The SMILES string of the molecule is CN(C)CCOc1ccc(C(=O)N2CCCCCCO[C@H]([C@H](O)CO)[C@H](O)[C@H](O)C2)cc1. The van der Waals surface area contributed by atoms with Gasteiger partial charge in [0.25, 0.3) is 5.91 Å². The quantitative estimate of drug-likeness (QED) is 0.458. The first-order valence-electron chi connectivity index (χ1n) is 11.3. The number of carbonyl (C=O) groups is 1. The summed E-state index contributed by atoms with van der Waals surface area (Å²) in [6.45, 7) is 1.37. The molecule has 0 saturated carbocycles. The molecular weight excluding hydrogens is 416 g/mol. The van der Waals surface area contributed by atoms with Gasteiger partial charge in [-0.05, 0) is 51.2 Å². The van der Waals surface area contributed by atoms with E-state index < -0.39 is 31.0 Å². The Balaban J connectivity index is 2.08. The van der Waals surface area contributed by atoms with Gasteiger partial charge in [-0.3, -0.25) is 4.79 Å². The number of hydrogen-bond donors (Lipinski definition) is 4. The van der Waals surface area contributed by atoms with Crippen molar-refractivity contribution >= 4 is 5.91 Å². The van der Waals surface area contributed by atoms with E-state index in [1.165, 1.54) is 4.90 Å². The summed E-state index contributed by atoms with van der Waals surface area (Å²) in [5, 5.41) is 40.4. The van der Waals surface area contributed by atoms with E-state index in [4.69, 9.17) is 9.47 Å². The van der Waals surface area contributed by atoms with Crippen molar-refractivity contribution in [2.24, 2.45) is 0 Å². The number of carbonyl (C=O) groups excluding carboxylic acids is 1. The van der Waals surface area contributed by atoms with Gasteiger partial charge in [0, 0.05) is 31.8 Å². The number of amides is 1. The monoisotopic (exact) mass is 454 g/mol. The van der Waals surface area contributed by atoms with Crippen LogP contribution >= 0.6 is 0 Å². The van der Waals surface area contributed by atoms with E-state index in [1.807, 2.05) is 19.0 Å². The van der Waals surface area contributed by atoms with Crippen molar-refractivity contribution in [1.29, 1.82) is 0 Å². The molecule has 0 spiro atoms. The van der Waals surface area contributed by atoms with Crippen molar-refractivity contribution in [3.63, 3.8) is 0 Å². The van der Waals surface area contributed by atoms with E-state index in [9.17, 15) is 25.2 Å². The molecule has 182 valence electrons. The number of rotatable bonds is 7. The minimum absolute atomic E-state index is 0.112. The first kappa shape index (κ1) is 26.5. The van der Waals surface area contributed by atoms with Gasteiger partial charge in [0.1, 0.15) is 36.8 Å². The van der Waals surface area contributed by atoms with Gasteiger partial charge in [-0.15, -0.1) is 0 Å². The fourth-order valence-electron chi connectivity index (χ4n) is 3.57. The fourth-order valence-corrected chi connectivity index (χ4v) is 3.57. The van der Waals surface area contributed by atoms with E-state index in [0.717, 1.165) is 32.2 Å². The van der Waals surface area contributed by atoms with Gasteiger partial charge >= 0.3 is 0 Å². The highest BCUT2D eigenvalue weighted by Gasteiger charge is 2.34. The fraction of sp³-hybridized carbons (Fsp3) is 0.696. The molecule has 0 aromatic heterocycles. The van der Waals surface area contributed by atoms with Crippen molar-refractivity contribution in [3.8, 4) is 5.75 Å². The third-order valence-electron chi connectivity index (χ3n) is 5.53. The molecule has 1 fully saturated rings. The Kier molecular flexibility index (Phi) is 11.4. The minimum Gasteiger partial charge on any atom is -0.492 e. The van der Waals surface area contributed by atoms with E-state index in [2.05, 4.69) is 0 Å². The molecule has 0 aliphatic carbocycles. The number of hydrogen-bond acceptors (Lipinski definition) is 8. The predicted octanol–water partition coefficient (Wildman–Crippen LogP) is 0.103. The first-order valence-corrected chi connectivity index (χ1v) is 11.3. The molecule has 0 radical (unpaired) electrons. The topological polar surface area (TPSA) is 123 Å². The summed E-state index contributed by atoms with van der Waals surface area (Å²) in [5.41, 5.74) is 0.460. The predicted molar refractivity (Wildman–Crippen MR) is 120 cm³/mol. The van der Waals surface area contributed by atoms with Crippen LogP contribution in [0.25, 0.3) is 0 Å². The van der Waals surface area contributed by atoms with Gasteiger partial charge in [0.2, 0.25) is 0 Å². The number of aliphatic hydroxyl groups is 4. The summed E-state index contributed by atoms with van der Waals surface area (Å²) in [6, 6.07) is 6.86. The lowest BCUT2D eigenvalue weighted by Crippen LogP contribution is -2.52. The van der Waals surface area contributed by atoms with Crippen LogP contribution in [-0.4, -0.2) is 114 Å². The molecule has 1 aliphatic rings. The summed E-state index contributed by atoms with van der Waals surface area (Å²) in [5.74, 6) is 0.416. The second kappa shape index (κ2) is 13.7. The summed E-state index contributed by atoms with van der Waals surface area (Å²) in [6.07, 6.45) is -1.99. The van der Waals surface area contributed by atoms with Crippen molar-refractivity contribution in [2.45, 2.75) is 50.1 Å². The zero-order valence-corrected chi connectivity index (χ0v) is 19.1. The Morgan fingerprint density at radius 2 is 1.88 bits per heavy atom. The number of nitrogens with zero attached hydrogens (tertiary/aromatic N) is 2. The Labute approximate surface area is 190 Å². The largest absolute Gasteiger partial charge is 0.492 e. The van der Waals surface area contributed by atoms with Crippen LogP contribution in [0.3, 0.4) is 0 Å². The minimum atomic E-state index is -1.45. The van der Waals surface area contributed by atoms with Crippen LogP contribution in [-0.2, 0) is 4.74 Å². The molecule has 1 heterocycles. The van der Waals surface area contributed by atoms with Gasteiger partial charge in [-0.1, -0.05) is 12.8 Å². The van der Waals surface area contributed by atoms with Crippen LogP contribution in [0.2, 0.25) is 0 Å². The molecular formula is C23H38N2O7. The summed E-state index contributed by atoms with van der Waals surface area (Å²) >= 11 is 0. The smallest absolute Gasteiger partial charge is 0.253 e. The lowest BCUT2D eigenvalue weighted by atomic mass is 10.0. The zero-order valence-electron chi connectivity index (χ0n) is 19.1. The molecule has 1 aromatic rings. The number of β-amino-alcohol motifs (C(OH)–C–C–N with tert-alkyl or cyclic N) is 1. The molecule has 0 unspecified atom stereocenters. The molecule has 1 amide bonds.